The number of ether oxygens (including phenoxy) is 1. The number of thioether (sulfide) groups is 1. The van der Waals surface area contributed by atoms with Crippen LogP contribution in [0.25, 0.3) is 0 Å². The van der Waals surface area contributed by atoms with Gasteiger partial charge in [0.25, 0.3) is 0 Å². The molecule has 1 aromatic rings. The Morgan fingerprint density at radius 3 is 2.83 bits per heavy atom. The maximum Gasteiger partial charge on any atom is 0.322 e. The van der Waals surface area contributed by atoms with Gasteiger partial charge in [0.1, 0.15) is 0 Å². The van der Waals surface area contributed by atoms with Gasteiger partial charge in [-0.3, -0.25) is 0 Å². The van der Waals surface area contributed by atoms with Crippen molar-refractivity contribution in [3.8, 4) is 6.01 Å². The molecular formula is C11H19N5OS. The molecule has 6 nitrogen and oxygen atoms in total. The first-order valence-electron chi connectivity index (χ1n) is 6.20. The molecule has 0 radical (unpaired) electrons. The second-order valence-electron chi connectivity index (χ2n) is 4.06. The van der Waals surface area contributed by atoms with Crippen molar-refractivity contribution in [2.45, 2.75) is 25.8 Å². The minimum absolute atomic E-state index is 0.340. The molecule has 0 spiro atoms. The van der Waals surface area contributed by atoms with Crippen molar-refractivity contribution in [2.75, 3.05) is 35.8 Å². The molecule has 0 bridgehead atoms. The summed E-state index contributed by atoms with van der Waals surface area (Å²) in [5.41, 5.74) is 0. The van der Waals surface area contributed by atoms with E-state index in [1.165, 1.54) is 12.2 Å². The van der Waals surface area contributed by atoms with Gasteiger partial charge >= 0.3 is 6.01 Å². The van der Waals surface area contributed by atoms with Crippen molar-refractivity contribution in [3.63, 3.8) is 0 Å². The van der Waals surface area contributed by atoms with Gasteiger partial charge in [-0.25, -0.2) is 0 Å². The predicted molar refractivity (Wildman–Crippen MR) is 74.5 cm³/mol. The Kier molecular flexibility index (Phi) is 4.86. The second kappa shape index (κ2) is 6.63. The Balaban J connectivity index is 2.07. The van der Waals surface area contributed by atoms with Crippen LogP contribution in [0, 0.1) is 0 Å². The summed E-state index contributed by atoms with van der Waals surface area (Å²) < 4.78 is 5.08. The first-order chi connectivity index (χ1) is 8.81. The molecule has 0 amide bonds. The smallest absolute Gasteiger partial charge is 0.322 e. The molecule has 1 fully saturated rings. The fourth-order valence-electron chi connectivity index (χ4n) is 1.79. The third-order valence-corrected chi connectivity index (χ3v) is 3.84. The minimum Gasteiger partial charge on any atom is -0.467 e. The van der Waals surface area contributed by atoms with Gasteiger partial charge in [-0.2, -0.15) is 26.7 Å². The van der Waals surface area contributed by atoms with Gasteiger partial charge < -0.3 is 15.4 Å². The zero-order valence-electron chi connectivity index (χ0n) is 10.8. The van der Waals surface area contributed by atoms with Gasteiger partial charge in [0.2, 0.25) is 11.9 Å². The Labute approximate surface area is 111 Å². The lowest BCUT2D eigenvalue weighted by atomic mass is 10.2. The Bertz CT molecular complexity index is 384. The molecule has 1 unspecified atom stereocenters. The van der Waals surface area contributed by atoms with Crippen LogP contribution in [0.2, 0.25) is 0 Å². The lowest BCUT2D eigenvalue weighted by Crippen LogP contribution is -2.27. The molecule has 2 rings (SSSR count). The molecule has 1 saturated heterocycles. The van der Waals surface area contributed by atoms with Crippen molar-refractivity contribution in [2.24, 2.45) is 0 Å². The maximum atomic E-state index is 5.08. The molecule has 2 N–H and O–H groups in total. The quantitative estimate of drug-likeness (QED) is 0.841. The maximum absolute atomic E-state index is 5.08. The summed E-state index contributed by atoms with van der Waals surface area (Å²) in [4.78, 5) is 12.7. The molecule has 100 valence electrons. The SMILES string of the molecule is CCNc1nc(NC2CCCSC2)nc(OC)n1. The first-order valence-corrected chi connectivity index (χ1v) is 7.35. The number of anilines is 2. The monoisotopic (exact) mass is 269 g/mol. The van der Waals surface area contributed by atoms with E-state index in [9.17, 15) is 0 Å². The van der Waals surface area contributed by atoms with Gasteiger partial charge in [0.05, 0.1) is 7.11 Å². The van der Waals surface area contributed by atoms with Gasteiger partial charge in [-0.1, -0.05) is 0 Å². The van der Waals surface area contributed by atoms with E-state index < -0.39 is 0 Å². The van der Waals surface area contributed by atoms with E-state index in [4.69, 9.17) is 4.74 Å². The predicted octanol–water partition coefficient (Wildman–Crippen LogP) is 1.62. The van der Waals surface area contributed by atoms with Crippen LogP contribution in [0.5, 0.6) is 6.01 Å². The lowest BCUT2D eigenvalue weighted by Gasteiger charge is -2.22. The van der Waals surface area contributed by atoms with Crippen LogP contribution in [-0.2, 0) is 0 Å². The number of methoxy groups -OCH3 is 1. The Hall–Kier alpha value is -1.24. The molecule has 2 heterocycles. The number of nitrogens with one attached hydrogen (secondary N) is 2. The van der Waals surface area contributed by atoms with Crippen LogP contribution in [-0.4, -0.2) is 46.2 Å². The summed E-state index contributed by atoms with van der Waals surface area (Å²) in [5, 5.41) is 6.42. The van der Waals surface area contributed by atoms with Crippen molar-refractivity contribution in [1.82, 2.24) is 15.0 Å². The van der Waals surface area contributed by atoms with Gasteiger partial charge in [-0.05, 0) is 25.5 Å². The van der Waals surface area contributed by atoms with E-state index in [2.05, 4.69) is 25.6 Å². The van der Waals surface area contributed by atoms with E-state index >= 15 is 0 Å². The molecule has 18 heavy (non-hydrogen) atoms. The fourth-order valence-corrected chi connectivity index (χ4v) is 2.86. The summed E-state index contributed by atoms with van der Waals surface area (Å²) in [6, 6.07) is 0.775. The number of aromatic nitrogens is 3. The number of rotatable bonds is 5. The molecule has 0 saturated carbocycles. The summed E-state index contributed by atoms with van der Waals surface area (Å²) in [7, 11) is 1.56. The summed E-state index contributed by atoms with van der Waals surface area (Å²) in [6.45, 7) is 2.77. The highest BCUT2D eigenvalue weighted by Gasteiger charge is 2.15. The van der Waals surface area contributed by atoms with E-state index in [0.29, 0.717) is 23.9 Å². The van der Waals surface area contributed by atoms with Crippen LogP contribution in [0.4, 0.5) is 11.9 Å². The summed E-state index contributed by atoms with van der Waals surface area (Å²) in [5.74, 6) is 3.49. The Morgan fingerprint density at radius 1 is 1.33 bits per heavy atom. The topological polar surface area (TPSA) is 72.0 Å². The van der Waals surface area contributed by atoms with Crippen LogP contribution < -0.4 is 15.4 Å². The average molecular weight is 269 g/mol. The van der Waals surface area contributed by atoms with Crippen LogP contribution in [0.3, 0.4) is 0 Å². The largest absolute Gasteiger partial charge is 0.467 e. The number of hydrogen-bond acceptors (Lipinski definition) is 7. The second-order valence-corrected chi connectivity index (χ2v) is 5.21. The average Bonchev–Trinajstić information content (AvgIpc) is 2.40. The van der Waals surface area contributed by atoms with Crippen LogP contribution >= 0.6 is 11.8 Å². The molecule has 1 aliphatic heterocycles. The zero-order valence-corrected chi connectivity index (χ0v) is 11.6. The molecular weight excluding hydrogens is 250 g/mol. The summed E-state index contributed by atoms with van der Waals surface area (Å²) in [6.07, 6.45) is 2.40. The highest BCUT2D eigenvalue weighted by atomic mass is 32.2. The van der Waals surface area contributed by atoms with E-state index in [0.717, 1.165) is 18.7 Å². The van der Waals surface area contributed by atoms with E-state index in [1.54, 1.807) is 7.11 Å². The molecule has 0 aliphatic carbocycles. The third-order valence-electron chi connectivity index (χ3n) is 2.63. The number of nitrogens with zero attached hydrogens (tertiary/aromatic N) is 3. The van der Waals surface area contributed by atoms with Gasteiger partial charge in [-0.15, -0.1) is 0 Å². The highest BCUT2D eigenvalue weighted by Crippen LogP contribution is 2.20. The number of hydrogen-bond donors (Lipinski definition) is 2. The zero-order chi connectivity index (χ0) is 12.8. The van der Waals surface area contributed by atoms with Crippen LogP contribution in [0.1, 0.15) is 19.8 Å². The standard InChI is InChI=1S/C11H19N5OS/c1-3-12-9-14-10(16-11(15-9)17-2)13-8-5-4-6-18-7-8/h8H,3-7H2,1-2H3,(H2,12,13,14,15,16). The fraction of sp³-hybridized carbons (Fsp3) is 0.727. The molecule has 0 aromatic carbocycles. The molecule has 1 atom stereocenters. The van der Waals surface area contributed by atoms with Crippen molar-refractivity contribution in [1.29, 1.82) is 0 Å². The van der Waals surface area contributed by atoms with Crippen LogP contribution in [0.15, 0.2) is 0 Å². The third kappa shape index (κ3) is 3.63. The van der Waals surface area contributed by atoms with Crippen molar-refractivity contribution < 1.29 is 4.74 Å². The van der Waals surface area contributed by atoms with Crippen molar-refractivity contribution >= 4 is 23.7 Å². The summed E-state index contributed by atoms with van der Waals surface area (Å²) >= 11 is 1.97. The van der Waals surface area contributed by atoms with Crippen molar-refractivity contribution in [3.05, 3.63) is 0 Å². The highest BCUT2D eigenvalue weighted by molar-refractivity contribution is 7.99. The minimum atomic E-state index is 0.340. The van der Waals surface area contributed by atoms with Gasteiger partial charge in [0, 0.05) is 18.3 Å². The molecule has 7 heteroatoms. The normalized spacial score (nSPS) is 19.3. The lowest BCUT2D eigenvalue weighted by molar-refractivity contribution is 0.379. The van der Waals surface area contributed by atoms with Gasteiger partial charge in [0.15, 0.2) is 0 Å². The Morgan fingerprint density at radius 2 is 2.17 bits per heavy atom. The van der Waals surface area contributed by atoms with E-state index in [1.807, 2.05) is 18.7 Å². The van der Waals surface area contributed by atoms with E-state index in [-0.39, 0.29) is 0 Å². The molecule has 1 aromatic heterocycles. The molecule has 1 aliphatic rings. The first kappa shape index (κ1) is 13.2.